The Morgan fingerprint density at radius 3 is 2.67 bits per heavy atom. The van der Waals surface area contributed by atoms with E-state index >= 15 is 0 Å². The van der Waals surface area contributed by atoms with Crippen molar-refractivity contribution in [3.63, 3.8) is 0 Å². The van der Waals surface area contributed by atoms with Gasteiger partial charge in [0, 0.05) is 18.0 Å². The number of aromatic nitrogens is 2. The first kappa shape index (κ1) is 20.8. The first-order chi connectivity index (χ1) is 14.5. The fraction of sp³-hybridized carbons (Fsp3) is 0.200. The van der Waals surface area contributed by atoms with Crippen LogP contribution in [0.25, 0.3) is 0 Å². The third-order valence-corrected chi connectivity index (χ3v) is 4.35. The van der Waals surface area contributed by atoms with Gasteiger partial charge in [-0.25, -0.2) is 9.37 Å². The Morgan fingerprint density at radius 1 is 1.30 bits per heavy atom. The Morgan fingerprint density at radius 2 is 2.00 bits per heavy atom. The lowest BCUT2D eigenvalue weighted by Gasteiger charge is -2.33. The van der Waals surface area contributed by atoms with Gasteiger partial charge in [0.15, 0.2) is 0 Å². The maximum absolute atomic E-state index is 13.0. The highest BCUT2D eigenvalue weighted by atomic mass is 19.1. The molecule has 0 saturated heterocycles. The largest absolute Gasteiger partial charge is 0.487 e. The molecule has 156 valence electrons. The second-order valence-corrected chi connectivity index (χ2v) is 6.39. The molecule has 1 aliphatic heterocycles. The molecular formula is C20H19FN4O5. The summed E-state index contributed by atoms with van der Waals surface area (Å²) < 4.78 is 21.0. The minimum absolute atomic E-state index is 0.132. The lowest BCUT2D eigenvalue weighted by Crippen LogP contribution is -2.37. The second kappa shape index (κ2) is 9.50. The zero-order chi connectivity index (χ0) is 21.5. The Hall–Kier alpha value is -3.95. The number of imidazole rings is 1. The lowest BCUT2D eigenvalue weighted by atomic mass is 9.95. The Kier molecular flexibility index (Phi) is 6.58. The number of oxime groups is 1. The minimum atomic E-state index is -1.50. The van der Waals surface area contributed by atoms with E-state index < -0.39 is 5.09 Å². The van der Waals surface area contributed by atoms with Crippen molar-refractivity contribution in [2.24, 2.45) is 5.16 Å². The number of ether oxygens (including phenoxy) is 1. The lowest BCUT2D eigenvalue weighted by molar-refractivity contribution is -0.742. The van der Waals surface area contributed by atoms with Crippen LogP contribution in [0.4, 0.5) is 4.39 Å². The molecule has 2 atom stereocenters. The summed E-state index contributed by atoms with van der Waals surface area (Å²) in [5, 5.41) is 18.1. The van der Waals surface area contributed by atoms with E-state index in [0.717, 1.165) is 22.6 Å². The van der Waals surface area contributed by atoms with E-state index in [2.05, 4.69) is 10.1 Å². The molecule has 4 rings (SSSR count). The van der Waals surface area contributed by atoms with E-state index in [-0.39, 0.29) is 24.6 Å². The van der Waals surface area contributed by atoms with Gasteiger partial charge in [-0.05, 0) is 36.8 Å². The minimum Gasteiger partial charge on any atom is -0.487 e. The standard InChI is InChI=1S/C20H18FN3O2.HNO3/c1-14-20(24-11-10-22-13-24)19(17-4-2-3-5-18(17)26-14)23-25-12-15-6-8-16(21)9-7-15;2-1(3)4/h2-11,13-14,20H,12H2,1H3;(H,2,3,4)/b23-19+;/t14-,20-;/m0./s1. The van der Waals surface area contributed by atoms with Crippen LogP contribution in [0.15, 0.2) is 72.4 Å². The quantitative estimate of drug-likeness (QED) is 0.515. The monoisotopic (exact) mass is 414 g/mol. The number of hydrogen-bond acceptors (Lipinski definition) is 6. The number of benzene rings is 2. The molecular weight excluding hydrogens is 395 g/mol. The molecule has 0 bridgehead atoms. The summed E-state index contributed by atoms with van der Waals surface area (Å²) in [5.41, 5.74) is 2.52. The summed E-state index contributed by atoms with van der Waals surface area (Å²) in [6.07, 6.45) is 5.22. The van der Waals surface area contributed by atoms with Crippen LogP contribution < -0.4 is 4.74 Å². The second-order valence-electron chi connectivity index (χ2n) is 6.39. The maximum Gasteiger partial charge on any atom is 0.291 e. The molecule has 0 saturated carbocycles. The van der Waals surface area contributed by atoms with Crippen LogP contribution in [0.2, 0.25) is 0 Å². The Labute approximate surface area is 171 Å². The van der Waals surface area contributed by atoms with Crippen LogP contribution in [-0.2, 0) is 11.4 Å². The topological polar surface area (TPSA) is 112 Å². The van der Waals surface area contributed by atoms with Gasteiger partial charge in [-0.1, -0.05) is 29.4 Å². The van der Waals surface area contributed by atoms with Crippen LogP contribution in [0.3, 0.4) is 0 Å². The van der Waals surface area contributed by atoms with Gasteiger partial charge in [0.05, 0.1) is 6.33 Å². The molecule has 0 spiro atoms. The molecule has 30 heavy (non-hydrogen) atoms. The molecule has 0 radical (unpaired) electrons. The van der Waals surface area contributed by atoms with E-state index in [1.165, 1.54) is 12.1 Å². The summed E-state index contributed by atoms with van der Waals surface area (Å²) in [6, 6.07) is 13.8. The van der Waals surface area contributed by atoms with E-state index in [1.807, 2.05) is 42.0 Å². The van der Waals surface area contributed by atoms with Crippen molar-refractivity contribution in [3.05, 3.63) is 94.3 Å². The summed E-state index contributed by atoms with van der Waals surface area (Å²) in [5.74, 6) is 0.507. The molecule has 1 aromatic heterocycles. The van der Waals surface area contributed by atoms with E-state index in [9.17, 15) is 4.39 Å². The third-order valence-electron chi connectivity index (χ3n) is 4.35. The van der Waals surface area contributed by atoms with Crippen molar-refractivity contribution in [2.75, 3.05) is 0 Å². The fourth-order valence-corrected chi connectivity index (χ4v) is 3.11. The highest BCUT2D eigenvalue weighted by Crippen LogP contribution is 2.34. The molecule has 1 N–H and O–H groups in total. The fourth-order valence-electron chi connectivity index (χ4n) is 3.11. The van der Waals surface area contributed by atoms with Gasteiger partial charge in [0.25, 0.3) is 5.09 Å². The normalized spacial score (nSPS) is 18.5. The van der Waals surface area contributed by atoms with Crippen molar-refractivity contribution < 1.29 is 24.3 Å². The molecule has 2 heterocycles. The number of fused-ring (bicyclic) bond motifs is 1. The van der Waals surface area contributed by atoms with Gasteiger partial charge in [0.2, 0.25) is 0 Å². The average molecular weight is 414 g/mol. The predicted octanol–water partition coefficient (Wildman–Crippen LogP) is 3.62. The van der Waals surface area contributed by atoms with Gasteiger partial charge in [-0.2, -0.15) is 0 Å². The van der Waals surface area contributed by atoms with Crippen molar-refractivity contribution in [2.45, 2.75) is 25.7 Å². The van der Waals surface area contributed by atoms with Crippen molar-refractivity contribution in [1.29, 1.82) is 0 Å². The van der Waals surface area contributed by atoms with Crippen LogP contribution in [0.1, 0.15) is 24.1 Å². The number of rotatable bonds is 4. The number of nitrogens with zero attached hydrogens (tertiary/aromatic N) is 4. The van der Waals surface area contributed by atoms with Gasteiger partial charge in [-0.3, -0.25) is 0 Å². The smallest absolute Gasteiger partial charge is 0.291 e. The van der Waals surface area contributed by atoms with Crippen molar-refractivity contribution in [3.8, 4) is 5.75 Å². The first-order valence-electron chi connectivity index (χ1n) is 8.96. The number of hydrogen-bond donors (Lipinski definition) is 1. The average Bonchev–Trinajstić information content (AvgIpc) is 3.23. The summed E-state index contributed by atoms with van der Waals surface area (Å²) in [6.45, 7) is 2.26. The zero-order valence-electron chi connectivity index (χ0n) is 16.0. The molecule has 1 aliphatic rings. The van der Waals surface area contributed by atoms with E-state index in [1.54, 1.807) is 24.7 Å². The predicted molar refractivity (Wildman–Crippen MR) is 104 cm³/mol. The SMILES string of the molecule is C[C@@H]1Oc2ccccc2/C(=N\OCc2ccc(F)cc2)[C@H]1n1ccnc1.O=[N+]([O-])O. The van der Waals surface area contributed by atoms with E-state index in [0.29, 0.717) is 0 Å². The van der Waals surface area contributed by atoms with Crippen LogP contribution in [-0.4, -0.2) is 31.7 Å². The van der Waals surface area contributed by atoms with Crippen molar-refractivity contribution >= 4 is 5.71 Å². The maximum atomic E-state index is 13.0. The summed E-state index contributed by atoms with van der Waals surface area (Å²) >= 11 is 0. The van der Waals surface area contributed by atoms with Crippen LogP contribution in [0.5, 0.6) is 5.75 Å². The number of halogens is 1. The highest BCUT2D eigenvalue weighted by Gasteiger charge is 2.34. The zero-order valence-corrected chi connectivity index (χ0v) is 16.0. The molecule has 10 heteroatoms. The summed E-state index contributed by atoms with van der Waals surface area (Å²) in [7, 11) is 0. The van der Waals surface area contributed by atoms with Gasteiger partial charge >= 0.3 is 0 Å². The molecule has 2 aromatic carbocycles. The molecule has 0 unspecified atom stereocenters. The third kappa shape index (κ3) is 5.10. The van der Waals surface area contributed by atoms with E-state index in [4.69, 9.17) is 24.9 Å². The molecule has 0 fully saturated rings. The number of para-hydroxylation sites is 1. The first-order valence-corrected chi connectivity index (χ1v) is 8.96. The van der Waals surface area contributed by atoms with Crippen molar-refractivity contribution in [1.82, 2.24) is 9.55 Å². The Bertz CT molecular complexity index is 1000. The van der Waals surface area contributed by atoms with Crippen LogP contribution >= 0.6 is 0 Å². The molecule has 9 nitrogen and oxygen atoms in total. The van der Waals surface area contributed by atoms with Gasteiger partial charge in [-0.15, -0.1) is 10.1 Å². The van der Waals surface area contributed by atoms with Gasteiger partial charge in [0.1, 0.15) is 36.0 Å². The molecule has 0 aliphatic carbocycles. The molecule has 0 amide bonds. The Balaban J connectivity index is 0.000000589. The van der Waals surface area contributed by atoms with Crippen LogP contribution in [0, 0.1) is 15.9 Å². The van der Waals surface area contributed by atoms with Gasteiger partial charge < -0.3 is 19.3 Å². The highest BCUT2D eigenvalue weighted by molar-refractivity contribution is 6.06. The summed E-state index contributed by atoms with van der Waals surface area (Å²) in [4.78, 5) is 18.1. The molecule has 3 aromatic rings.